The molecule has 1 aromatic rings. The van der Waals surface area contributed by atoms with Crippen LogP contribution < -0.4 is 0 Å². The van der Waals surface area contributed by atoms with Gasteiger partial charge in [-0.2, -0.15) is 5.26 Å². The van der Waals surface area contributed by atoms with Crippen molar-refractivity contribution in [2.45, 2.75) is 6.92 Å². The summed E-state index contributed by atoms with van der Waals surface area (Å²) < 4.78 is 4.94. The number of rotatable bonds is 1. The van der Waals surface area contributed by atoms with Gasteiger partial charge in [0, 0.05) is 5.56 Å². The quantitative estimate of drug-likeness (QED) is 0.370. The van der Waals surface area contributed by atoms with Crippen molar-refractivity contribution in [1.29, 1.82) is 5.26 Å². The highest BCUT2D eigenvalue weighted by Crippen LogP contribution is 2.05. The van der Waals surface area contributed by atoms with Gasteiger partial charge in [0.2, 0.25) is 12.1 Å². The number of benzene rings is 1. The largest absolute Gasteiger partial charge is 0.480 e. The Bertz CT molecular complexity index is 346. The predicted octanol–water partition coefficient (Wildman–Crippen LogP) is 1.87. The van der Waals surface area contributed by atoms with Gasteiger partial charge in [0.25, 0.3) is 0 Å². The Morgan fingerprint density at radius 1 is 1.38 bits per heavy atom. The van der Waals surface area contributed by atoms with E-state index < -0.39 is 0 Å². The van der Waals surface area contributed by atoms with Crippen molar-refractivity contribution in [3.05, 3.63) is 35.4 Å². The van der Waals surface area contributed by atoms with E-state index in [9.17, 15) is 0 Å². The van der Waals surface area contributed by atoms with E-state index in [4.69, 9.17) is 10.00 Å². The van der Waals surface area contributed by atoms with Gasteiger partial charge in [-0.1, -0.05) is 17.7 Å². The third-order valence-electron chi connectivity index (χ3n) is 1.64. The van der Waals surface area contributed by atoms with Gasteiger partial charge in [-0.05, 0) is 19.1 Å². The SMILES string of the molecule is COC(=NC#N)c1ccc(C)cc1. The number of ether oxygens (including phenoxy) is 1. The Kier molecular flexibility index (Phi) is 3.04. The van der Waals surface area contributed by atoms with Crippen LogP contribution in [0, 0.1) is 18.4 Å². The van der Waals surface area contributed by atoms with Crippen LogP contribution in [0.15, 0.2) is 29.3 Å². The summed E-state index contributed by atoms with van der Waals surface area (Å²) >= 11 is 0. The molecule has 0 spiro atoms. The molecule has 0 aliphatic rings. The molecule has 0 fully saturated rings. The summed E-state index contributed by atoms with van der Waals surface area (Å²) in [4.78, 5) is 3.54. The number of aryl methyl sites for hydroxylation is 1. The van der Waals surface area contributed by atoms with Gasteiger partial charge < -0.3 is 4.74 Å². The topological polar surface area (TPSA) is 45.4 Å². The maximum Gasteiger partial charge on any atom is 0.231 e. The molecule has 0 aliphatic carbocycles. The lowest BCUT2D eigenvalue weighted by molar-refractivity contribution is 0.405. The molecule has 13 heavy (non-hydrogen) atoms. The molecule has 1 aromatic carbocycles. The number of nitrogens with zero attached hydrogens (tertiary/aromatic N) is 2. The Morgan fingerprint density at radius 2 is 2.00 bits per heavy atom. The monoisotopic (exact) mass is 174 g/mol. The lowest BCUT2D eigenvalue weighted by atomic mass is 10.1. The molecule has 0 saturated heterocycles. The summed E-state index contributed by atoms with van der Waals surface area (Å²) in [6.07, 6.45) is 1.69. The van der Waals surface area contributed by atoms with Crippen LogP contribution in [-0.2, 0) is 4.74 Å². The van der Waals surface area contributed by atoms with Gasteiger partial charge in [-0.25, -0.2) is 0 Å². The molecule has 0 bridgehead atoms. The van der Waals surface area contributed by atoms with Gasteiger partial charge in [-0.15, -0.1) is 4.99 Å². The summed E-state index contributed by atoms with van der Waals surface area (Å²) in [5.41, 5.74) is 1.98. The van der Waals surface area contributed by atoms with Crippen molar-refractivity contribution in [1.82, 2.24) is 0 Å². The second kappa shape index (κ2) is 4.27. The standard InChI is InChI=1S/C10H10N2O/c1-8-3-5-9(6-4-8)10(13-2)12-7-11/h3-6H,1-2H3. The van der Waals surface area contributed by atoms with Gasteiger partial charge >= 0.3 is 0 Å². The first-order chi connectivity index (χ1) is 6.27. The molecule has 0 unspecified atom stereocenters. The first-order valence-electron chi connectivity index (χ1n) is 3.85. The summed E-state index contributed by atoms with van der Waals surface area (Å²) in [5.74, 6) is 0.350. The second-order valence-corrected chi connectivity index (χ2v) is 2.59. The minimum absolute atomic E-state index is 0.350. The Morgan fingerprint density at radius 3 is 2.46 bits per heavy atom. The maximum absolute atomic E-state index is 8.37. The van der Waals surface area contributed by atoms with E-state index in [2.05, 4.69) is 4.99 Å². The molecule has 0 amide bonds. The van der Waals surface area contributed by atoms with Crippen LogP contribution in [0.2, 0.25) is 0 Å². The van der Waals surface area contributed by atoms with Crippen molar-refractivity contribution >= 4 is 5.90 Å². The average Bonchev–Trinajstić information content (AvgIpc) is 2.16. The molecule has 1 rings (SSSR count). The smallest absolute Gasteiger partial charge is 0.231 e. The van der Waals surface area contributed by atoms with E-state index in [1.807, 2.05) is 31.2 Å². The molecular formula is C10H10N2O. The van der Waals surface area contributed by atoms with Gasteiger partial charge in [0.1, 0.15) is 0 Å². The van der Waals surface area contributed by atoms with Crippen LogP contribution >= 0.6 is 0 Å². The maximum atomic E-state index is 8.37. The minimum Gasteiger partial charge on any atom is -0.480 e. The highest BCUT2D eigenvalue weighted by molar-refractivity contribution is 5.94. The normalized spacial score (nSPS) is 10.7. The number of hydrogen-bond donors (Lipinski definition) is 0. The number of hydrogen-bond acceptors (Lipinski definition) is 3. The van der Waals surface area contributed by atoms with Crippen LogP contribution in [0.25, 0.3) is 0 Å². The lowest BCUT2D eigenvalue weighted by Crippen LogP contribution is -2.02. The number of nitriles is 1. The van der Waals surface area contributed by atoms with Crippen molar-refractivity contribution in [2.75, 3.05) is 7.11 Å². The van der Waals surface area contributed by atoms with Crippen molar-refractivity contribution in [3.63, 3.8) is 0 Å². The van der Waals surface area contributed by atoms with E-state index in [1.165, 1.54) is 7.11 Å². The Hall–Kier alpha value is -1.82. The Balaban J connectivity index is 3.01. The van der Waals surface area contributed by atoms with E-state index in [0.717, 1.165) is 11.1 Å². The summed E-state index contributed by atoms with van der Waals surface area (Å²) in [6, 6.07) is 7.63. The highest BCUT2D eigenvalue weighted by Gasteiger charge is 2.01. The van der Waals surface area contributed by atoms with Crippen LogP contribution in [0.3, 0.4) is 0 Å². The molecular weight excluding hydrogens is 164 g/mol. The third-order valence-corrected chi connectivity index (χ3v) is 1.64. The van der Waals surface area contributed by atoms with Crippen LogP contribution in [0.4, 0.5) is 0 Å². The fourth-order valence-electron chi connectivity index (χ4n) is 0.970. The van der Waals surface area contributed by atoms with Crippen molar-refractivity contribution < 1.29 is 4.74 Å². The summed E-state index contributed by atoms with van der Waals surface area (Å²) in [7, 11) is 1.50. The molecule has 0 radical (unpaired) electrons. The lowest BCUT2D eigenvalue weighted by Gasteiger charge is -2.02. The van der Waals surface area contributed by atoms with Crippen molar-refractivity contribution in [3.8, 4) is 6.19 Å². The minimum atomic E-state index is 0.350. The Labute approximate surface area is 77.3 Å². The third kappa shape index (κ3) is 2.31. The molecule has 0 atom stereocenters. The number of methoxy groups -OCH3 is 1. The molecule has 0 aliphatic heterocycles. The fourth-order valence-corrected chi connectivity index (χ4v) is 0.970. The fraction of sp³-hybridized carbons (Fsp3) is 0.200. The molecule has 0 aromatic heterocycles. The van der Waals surface area contributed by atoms with E-state index in [-0.39, 0.29) is 0 Å². The van der Waals surface area contributed by atoms with E-state index in [0.29, 0.717) is 5.90 Å². The first-order valence-corrected chi connectivity index (χ1v) is 3.85. The summed E-state index contributed by atoms with van der Waals surface area (Å²) in [5, 5.41) is 8.37. The van der Waals surface area contributed by atoms with E-state index >= 15 is 0 Å². The van der Waals surface area contributed by atoms with Crippen LogP contribution in [0.1, 0.15) is 11.1 Å². The van der Waals surface area contributed by atoms with Crippen molar-refractivity contribution in [2.24, 2.45) is 4.99 Å². The summed E-state index contributed by atoms with van der Waals surface area (Å²) in [6.45, 7) is 2.00. The van der Waals surface area contributed by atoms with Crippen LogP contribution in [-0.4, -0.2) is 13.0 Å². The molecule has 3 heteroatoms. The average molecular weight is 174 g/mol. The van der Waals surface area contributed by atoms with Gasteiger partial charge in [0.15, 0.2) is 0 Å². The van der Waals surface area contributed by atoms with Crippen LogP contribution in [0.5, 0.6) is 0 Å². The molecule has 3 nitrogen and oxygen atoms in total. The molecule has 0 saturated carbocycles. The van der Waals surface area contributed by atoms with E-state index in [1.54, 1.807) is 6.19 Å². The molecule has 0 heterocycles. The zero-order valence-electron chi connectivity index (χ0n) is 7.61. The first kappa shape index (κ1) is 9.27. The number of aliphatic imine (C=N–C) groups is 1. The highest BCUT2D eigenvalue weighted by atomic mass is 16.5. The predicted molar refractivity (Wildman–Crippen MR) is 50.3 cm³/mol. The second-order valence-electron chi connectivity index (χ2n) is 2.59. The zero-order chi connectivity index (χ0) is 9.68. The zero-order valence-corrected chi connectivity index (χ0v) is 7.61. The molecule has 66 valence electrons. The van der Waals surface area contributed by atoms with Gasteiger partial charge in [-0.3, -0.25) is 0 Å². The molecule has 0 N–H and O–H groups in total. The van der Waals surface area contributed by atoms with Gasteiger partial charge in [0.05, 0.1) is 7.11 Å².